The van der Waals surface area contributed by atoms with Crippen molar-refractivity contribution in [3.05, 3.63) is 12.7 Å². The maximum Gasteiger partial charge on any atom is 0.224 e. The highest BCUT2D eigenvalue weighted by Gasteiger charge is 2.22. The lowest BCUT2D eigenvalue weighted by atomic mass is 9.95. The Bertz CT molecular complexity index is 180. The molecule has 3 heteroatoms. The van der Waals surface area contributed by atoms with Gasteiger partial charge in [-0.1, -0.05) is 13.0 Å². The highest BCUT2D eigenvalue weighted by Crippen LogP contribution is 2.13. The summed E-state index contributed by atoms with van der Waals surface area (Å²) < 4.78 is 0. The Labute approximate surface area is 79.8 Å². The van der Waals surface area contributed by atoms with Crippen molar-refractivity contribution >= 4 is 5.91 Å². The van der Waals surface area contributed by atoms with E-state index in [9.17, 15) is 4.79 Å². The van der Waals surface area contributed by atoms with Crippen LogP contribution in [0.4, 0.5) is 0 Å². The van der Waals surface area contributed by atoms with Gasteiger partial charge >= 0.3 is 0 Å². The van der Waals surface area contributed by atoms with Crippen molar-refractivity contribution in [1.82, 2.24) is 5.32 Å². The van der Waals surface area contributed by atoms with Gasteiger partial charge in [-0.25, -0.2) is 0 Å². The topological polar surface area (TPSA) is 49.3 Å². The van der Waals surface area contributed by atoms with Crippen molar-refractivity contribution in [2.45, 2.75) is 38.6 Å². The van der Waals surface area contributed by atoms with Gasteiger partial charge in [-0.2, -0.15) is 0 Å². The molecule has 0 aromatic heterocycles. The van der Waals surface area contributed by atoms with E-state index in [0.29, 0.717) is 12.8 Å². The van der Waals surface area contributed by atoms with Crippen LogP contribution in [0.1, 0.15) is 33.1 Å². The van der Waals surface area contributed by atoms with Crippen molar-refractivity contribution in [1.29, 1.82) is 0 Å². The van der Waals surface area contributed by atoms with Crippen LogP contribution in [0, 0.1) is 0 Å². The number of carbonyl (C=O) groups excluding carboxylic acids is 1. The summed E-state index contributed by atoms with van der Waals surface area (Å²) in [5.41, 5.74) is -0.283. The van der Waals surface area contributed by atoms with E-state index >= 15 is 0 Å². The van der Waals surface area contributed by atoms with Gasteiger partial charge in [-0.3, -0.25) is 4.79 Å². The summed E-state index contributed by atoms with van der Waals surface area (Å²) in [5.74, 6) is -0.0344. The Morgan fingerprint density at radius 3 is 2.69 bits per heavy atom. The molecule has 0 heterocycles. The smallest absolute Gasteiger partial charge is 0.224 e. The molecular formula is C10H19NO2. The van der Waals surface area contributed by atoms with Gasteiger partial charge in [0.05, 0.1) is 0 Å². The zero-order valence-electron chi connectivity index (χ0n) is 8.47. The van der Waals surface area contributed by atoms with Gasteiger partial charge in [0.15, 0.2) is 0 Å². The maximum absolute atomic E-state index is 11.2. The van der Waals surface area contributed by atoms with Crippen LogP contribution in [0.15, 0.2) is 12.7 Å². The molecule has 3 nitrogen and oxygen atoms in total. The normalized spacial score (nSPS) is 14.7. The fourth-order valence-electron chi connectivity index (χ4n) is 1.09. The largest absolute Gasteiger partial charge is 0.396 e. The molecule has 0 aliphatic rings. The van der Waals surface area contributed by atoms with Crippen LogP contribution in [0.25, 0.3) is 0 Å². The maximum atomic E-state index is 11.2. The number of nitrogens with one attached hydrogen (secondary N) is 1. The minimum atomic E-state index is -0.283. The predicted molar refractivity (Wildman–Crippen MR) is 53.4 cm³/mol. The van der Waals surface area contributed by atoms with Gasteiger partial charge in [-0.15, -0.1) is 6.58 Å². The third kappa shape index (κ3) is 4.68. The van der Waals surface area contributed by atoms with Gasteiger partial charge < -0.3 is 10.4 Å². The van der Waals surface area contributed by atoms with E-state index in [-0.39, 0.29) is 18.1 Å². The molecule has 1 amide bonds. The van der Waals surface area contributed by atoms with Crippen LogP contribution in [-0.2, 0) is 4.79 Å². The molecule has 0 aliphatic carbocycles. The number of amides is 1. The van der Waals surface area contributed by atoms with E-state index < -0.39 is 0 Å². The first-order valence-corrected chi connectivity index (χ1v) is 4.60. The highest BCUT2D eigenvalue weighted by molar-refractivity contribution is 5.78. The Morgan fingerprint density at radius 2 is 2.31 bits per heavy atom. The first-order chi connectivity index (χ1) is 6.08. The second-order valence-electron chi connectivity index (χ2n) is 3.43. The van der Waals surface area contributed by atoms with E-state index in [4.69, 9.17) is 5.11 Å². The van der Waals surface area contributed by atoms with E-state index in [1.54, 1.807) is 6.08 Å². The van der Waals surface area contributed by atoms with Crippen LogP contribution < -0.4 is 5.32 Å². The molecule has 1 unspecified atom stereocenters. The Balaban J connectivity index is 4.09. The van der Waals surface area contributed by atoms with Crippen molar-refractivity contribution in [2.24, 2.45) is 0 Å². The van der Waals surface area contributed by atoms with Gasteiger partial charge in [0, 0.05) is 18.6 Å². The molecule has 0 saturated heterocycles. The van der Waals surface area contributed by atoms with Crippen LogP contribution in [0.2, 0.25) is 0 Å². The van der Waals surface area contributed by atoms with Gasteiger partial charge in [0.2, 0.25) is 5.91 Å². The minimum absolute atomic E-state index is 0.0344. The fraction of sp³-hybridized carbons (Fsp3) is 0.700. The lowest BCUT2D eigenvalue weighted by molar-refractivity contribution is -0.122. The molecule has 0 aliphatic heterocycles. The summed E-state index contributed by atoms with van der Waals surface area (Å²) in [6.45, 7) is 7.51. The average molecular weight is 185 g/mol. The molecule has 1 atom stereocenters. The SMILES string of the molecule is C=CCC(=O)NC(C)(CC)CCO. The number of hydrogen-bond donors (Lipinski definition) is 2. The number of hydrogen-bond acceptors (Lipinski definition) is 2. The zero-order chi connectivity index (χ0) is 10.3. The second kappa shape index (κ2) is 5.75. The van der Waals surface area contributed by atoms with Crippen LogP contribution in [-0.4, -0.2) is 23.2 Å². The monoisotopic (exact) mass is 185 g/mol. The molecule has 0 spiro atoms. The van der Waals surface area contributed by atoms with Gasteiger partial charge in [0.25, 0.3) is 0 Å². The molecule has 2 N–H and O–H groups in total. The summed E-state index contributed by atoms with van der Waals surface area (Å²) >= 11 is 0. The fourth-order valence-corrected chi connectivity index (χ4v) is 1.09. The van der Waals surface area contributed by atoms with E-state index in [1.807, 2.05) is 13.8 Å². The lowest BCUT2D eigenvalue weighted by Gasteiger charge is -2.28. The van der Waals surface area contributed by atoms with Crippen LogP contribution >= 0.6 is 0 Å². The summed E-state index contributed by atoms with van der Waals surface area (Å²) in [7, 11) is 0. The highest BCUT2D eigenvalue weighted by atomic mass is 16.3. The minimum Gasteiger partial charge on any atom is -0.396 e. The number of carbonyl (C=O) groups is 1. The number of aliphatic hydroxyl groups is 1. The molecular weight excluding hydrogens is 166 g/mol. The van der Waals surface area contributed by atoms with Crippen molar-refractivity contribution in [3.63, 3.8) is 0 Å². The first-order valence-electron chi connectivity index (χ1n) is 4.60. The summed E-state index contributed by atoms with van der Waals surface area (Å²) in [4.78, 5) is 11.2. The first kappa shape index (κ1) is 12.2. The Kier molecular flexibility index (Phi) is 5.39. The van der Waals surface area contributed by atoms with Crippen molar-refractivity contribution in [2.75, 3.05) is 6.61 Å². The molecule has 0 bridgehead atoms. The van der Waals surface area contributed by atoms with E-state index in [0.717, 1.165) is 6.42 Å². The Morgan fingerprint density at radius 1 is 1.69 bits per heavy atom. The predicted octanol–water partition coefficient (Wildman–Crippen LogP) is 1.23. The molecule has 0 radical (unpaired) electrons. The third-order valence-corrected chi connectivity index (χ3v) is 2.21. The third-order valence-electron chi connectivity index (χ3n) is 2.21. The summed E-state index contributed by atoms with van der Waals surface area (Å²) in [6, 6.07) is 0. The van der Waals surface area contributed by atoms with Gasteiger partial charge in [-0.05, 0) is 19.8 Å². The standard InChI is InChI=1S/C10H19NO2/c1-4-6-9(13)11-10(3,5-2)7-8-12/h4,12H,1,5-8H2,2-3H3,(H,11,13). The van der Waals surface area contributed by atoms with Crippen LogP contribution in [0.5, 0.6) is 0 Å². The zero-order valence-corrected chi connectivity index (χ0v) is 8.47. The summed E-state index contributed by atoms with van der Waals surface area (Å²) in [5, 5.41) is 11.7. The number of aliphatic hydroxyl groups excluding tert-OH is 1. The quantitative estimate of drug-likeness (QED) is 0.611. The van der Waals surface area contributed by atoms with Crippen LogP contribution in [0.3, 0.4) is 0 Å². The molecule has 0 aromatic rings. The number of rotatable bonds is 6. The summed E-state index contributed by atoms with van der Waals surface area (Å²) in [6.07, 6.45) is 3.31. The lowest BCUT2D eigenvalue weighted by Crippen LogP contribution is -2.45. The van der Waals surface area contributed by atoms with E-state index in [2.05, 4.69) is 11.9 Å². The Hall–Kier alpha value is -0.830. The van der Waals surface area contributed by atoms with Crippen molar-refractivity contribution in [3.8, 4) is 0 Å². The molecule has 76 valence electrons. The van der Waals surface area contributed by atoms with Gasteiger partial charge in [0.1, 0.15) is 0 Å². The molecule has 0 saturated carbocycles. The average Bonchev–Trinajstić information content (AvgIpc) is 2.05. The molecule has 0 rings (SSSR count). The second-order valence-corrected chi connectivity index (χ2v) is 3.43. The van der Waals surface area contributed by atoms with Crippen molar-refractivity contribution < 1.29 is 9.90 Å². The molecule has 0 fully saturated rings. The molecule has 0 aromatic carbocycles. The molecule has 13 heavy (non-hydrogen) atoms. The van der Waals surface area contributed by atoms with E-state index in [1.165, 1.54) is 0 Å².